The first-order valence-electron chi connectivity index (χ1n) is 10.1. The maximum Gasteiger partial charge on any atom is 0.323 e. The summed E-state index contributed by atoms with van der Waals surface area (Å²) in [5, 5.41) is 22.1. The molecule has 0 bridgehead atoms. The summed E-state index contributed by atoms with van der Waals surface area (Å²) >= 11 is 1.52. The fourth-order valence-electron chi connectivity index (χ4n) is 3.69. The highest BCUT2D eigenvalue weighted by atomic mass is 32.2. The maximum absolute atomic E-state index is 13.3. The summed E-state index contributed by atoms with van der Waals surface area (Å²) in [7, 11) is 0. The van der Waals surface area contributed by atoms with Gasteiger partial charge in [0.15, 0.2) is 0 Å². The van der Waals surface area contributed by atoms with Crippen molar-refractivity contribution in [1.82, 2.24) is 10.2 Å². The Morgan fingerprint density at radius 2 is 1.68 bits per heavy atom. The number of nitrogens with one attached hydrogen (secondary N) is 1. The topological polar surface area (TPSA) is 107 Å². The van der Waals surface area contributed by atoms with Gasteiger partial charge in [0, 0.05) is 11.5 Å². The number of carboxylic acids is 2. The third kappa shape index (κ3) is 6.32. The SMILES string of the molecule is O=C(O)CN1C(=O)[C@@H](N[C@@H](CCc2ccccc2)C(=O)O)CSC[C@H]1c1ccccc1. The molecule has 0 saturated carbocycles. The summed E-state index contributed by atoms with van der Waals surface area (Å²) in [6, 6.07) is 16.8. The molecule has 3 atom stereocenters. The van der Waals surface area contributed by atoms with Crippen molar-refractivity contribution in [2.24, 2.45) is 0 Å². The maximum atomic E-state index is 13.3. The predicted octanol–water partition coefficient (Wildman–Crippen LogP) is 2.43. The van der Waals surface area contributed by atoms with E-state index in [1.165, 1.54) is 16.7 Å². The number of carbonyl (C=O) groups excluding carboxylic acids is 1. The highest BCUT2D eigenvalue weighted by Gasteiger charge is 2.37. The number of hydrogen-bond acceptors (Lipinski definition) is 5. The molecule has 0 aliphatic carbocycles. The number of thioether (sulfide) groups is 1. The van der Waals surface area contributed by atoms with E-state index in [0.29, 0.717) is 24.3 Å². The molecule has 0 spiro atoms. The molecule has 1 saturated heterocycles. The molecule has 0 unspecified atom stereocenters. The van der Waals surface area contributed by atoms with E-state index in [1.54, 1.807) is 0 Å². The van der Waals surface area contributed by atoms with E-state index in [2.05, 4.69) is 5.32 Å². The first-order valence-corrected chi connectivity index (χ1v) is 11.3. The van der Waals surface area contributed by atoms with Gasteiger partial charge in [-0.05, 0) is 24.0 Å². The van der Waals surface area contributed by atoms with Gasteiger partial charge in [0.1, 0.15) is 12.6 Å². The number of carbonyl (C=O) groups is 3. The van der Waals surface area contributed by atoms with Gasteiger partial charge in [-0.15, -0.1) is 0 Å². The summed E-state index contributed by atoms with van der Waals surface area (Å²) in [4.78, 5) is 38.0. The Labute approximate surface area is 185 Å². The lowest BCUT2D eigenvalue weighted by molar-refractivity contribution is -0.147. The number of rotatable bonds is 9. The molecule has 164 valence electrons. The van der Waals surface area contributed by atoms with Crippen molar-refractivity contribution in [1.29, 1.82) is 0 Å². The second-order valence-electron chi connectivity index (χ2n) is 7.46. The van der Waals surface area contributed by atoms with Crippen molar-refractivity contribution < 1.29 is 24.6 Å². The average molecular weight is 443 g/mol. The van der Waals surface area contributed by atoms with Crippen LogP contribution in [0.2, 0.25) is 0 Å². The molecule has 8 heteroatoms. The van der Waals surface area contributed by atoms with E-state index in [0.717, 1.165) is 11.1 Å². The Balaban J connectivity index is 1.75. The summed E-state index contributed by atoms with van der Waals surface area (Å²) in [6.45, 7) is -0.432. The lowest BCUT2D eigenvalue weighted by Gasteiger charge is -2.31. The number of aryl methyl sites for hydroxylation is 1. The van der Waals surface area contributed by atoms with Gasteiger partial charge in [-0.2, -0.15) is 11.8 Å². The Kier molecular flexibility index (Phi) is 8.08. The standard InChI is InChI=1S/C23H26N2O5S/c26-21(27)13-25-20(17-9-5-2-6-10-17)15-31-14-19(22(25)28)24-18(23(29)30)12-11-16-7-3-1-4-8-16/h1-10,18-20,24H,11-15H2,(H,26,27)(H,29,30)/t18-,19-,20-/m0/s1. The van der Waals surface area contributed by atoms with Crippen LogP contribution >= 0.6 is 11.8 Å². The predicted molar refractivity (Wildman–Crippen MR) is 119 cm³/mol. The second-order valence-corrected chi connectivity index (χ2v) is 8.53. The minimum Gasteiger partial charge on any atom is -0.480 e. The zero-order valence-corrected chi connectivity index (χ0v) is 17.8. The highest BCUT2D eigenvalue weighted by Crippen LogP contribution is 2.29. The van der Waals surface area contributed by atoms with Crippen molar-refractivity contribution in [3.05, 3.63) is 71.8 Å². The molecule has 1 amide bonds. The fourth-order valence-corrected chi connectivity index (χ4v) is 4.90. The van der Waals surface area contributed by atoms with Crippen LogP contribution in [0.3, 0.4) is 0 Å². The van der Waals surface area contributed by atoms with E-state index < -0.39 is 30.6 Å². The molecule has 3 rings (SSSR count). The first-order chi connectivity index (χ1) is 15.0. The van der Waals surface area contributed by atoms with Crippen LogP contribution in [0.1, 0.15) is 23.6 Å². The Bertz CT molecular complexity index is 893. The van der Waals surface area contributed by atoms with Gasteiger partial charge in [0.25, 0.3) is 0 Å². The summed E-state index contributed by atoms with van der Waals surface area (Å²) in [6.07, 6.45) is 0.888. The minimum atomic E-state index is -1.10. The number of hydrogen-bond donors (Lipinski definition) is 3. The molecule has 1 fully saturated rings. The van der Waals surface area contributed by atoms with Gasteiger partial charge in [-0.1, -0.05) is 60.7 Å². The molecule has 1 aliphatic heterocycles. The van der Waals surface area contributed by atoms with Gasteiger partial charge in [-0.25, -0.2) is 0 Å². The molecular weight excluding hydrogens is 416 g/mol. The van der Waals surface area contributed by atoms with E-state index in [-0.39, 0.29) is 11.9 Å². The van der Waals surface area contributed by atoms with Crippen molar-refractivity contribution in [3.63, 3.8) is 0 Å². The van der Waals surface area contributed by atoms with Crippen LogP contribution in [0.4, 0.5) is 0 Å². The molecule has 31 heavy (non-hydrogen) atoms. The van der Waals surface area contributed by atoms with Crippen molar-refractivity contribution >= 4 is 29.6 Å². The van der Waals surface area contributed by atoms with Gasteiger partial charge in [0.05, 0.1) is 12.1 Å². The molecule has 3 N–H and O–H groups in total. The Morgan fingerprint density at radius 3 is 2.29 bits per heavy atom. The number of benzene rings is 2. The zero-order valence-electron chi connectivity index (χ0n) is 17.0. The average Bonchev–Trinajstić information content (AvgIpc) is 2.91. The molecule has 1 heterocycles. The molecule has 0 radical (unpaired) electrons. The van der Waals surface area contributed by atoms with Gasteiger partial charge >= 0.3 is 11.9 Å². The van der Waals surface area contributed by atoms with Crippen LogP contribution in [0, 0.1) is 0 Å². The summed E-state index contributed by atoms with van der Waals surface area (Å²) in [5.74, 6) is -1.58. The Hall–Kier alpha value is -2.84. The zero-order chi connectivity index (χ0) is 22.2. The lowest BCUT2D eigenvalue weighted by Crippen LogP contribution is -2.53. The first kappa shape index (κ1) is 22.8. The van der Waals surface area contributed by atoms with Crippen LogP contribution in [0.15, 0.2) is 60.7 Å². The summed E-state index contributed by atoms with van der Waals surface area (Å²) < 4.78 is 0. The van der Waals surface area contributed by atoms with Crippen LogP contribution in [-0.4, -0.2) is 63.1 Å². The molecule has 2 aromatic rings. The third-order valence-electron chi connectivity index (χ3n) is 5.27. The molecular formula is C23H26N2O5S. The third-order valence-corrected chi connectivity index (χ3v) is 6.39. The number of nitrogens with zero attached hydrogens (tertiary/aromatic N) is 1. The number of amides is 1. The van der Waals surface area contributed by atoms with Crippen molar-refractivity contribution in [2.75, 3.05) is 18.1 Å². The highest BCUT2D eigenvalue weighted by molar-refractivity contribution is 7.99. The molecule has 7 nitrogen and oxygen atoms in total. The van der Waals surface area contributed by atoms with E-state index >= 15 is 0 Å². The van der Waals surface area contributed by atoms with Crippen LogP contribution < -0.4 is 5.32 Å². The second kappa shape index (κ2) is 11.0. The molecule has 0 aromatic heterocycles. The lowest BCUT2D eigenvalue weighted by atomic mass is 10.0. The summed E-state index contributed by atoms with van der Waals surface area (Å²) in [5.41, 5.74) is 1.89. The van der Waals surface area contributed by atoms with E-state index in [9.17, 15) is 24.6 Å². The fraction of sp³-hybridized carbons (Fsp3) is 0.348. The molecule has 2 aromatic carbocycles. The minimum absolute atomic E-state index is 0.328. The van der Waals surface area contributed by atoms with Crippen LogP contribution in [-0.2, 0) is 20.8 Å². The van der Waals surface area contributed by atoms with Gasteiger partial charge in [-0.3, -0.25) is 19.7 Å². The van der Waals surface area contributed by atoms with Crippen LogP contribution in [0.5, 0.6) is 0 Å². The number of aliphatic carboxylic acids is 2. The Morgan fingerprint density at radius 1 is 1.03 bits per heavy atom. The van der Waals surface area contributed by atoms with Crippen molar-refractivity contribution in [2.45, 2.75) is 31.0 Å². The van der Waals surface area contributed by atoms with E-state index in [1.807, 2.05) is 60.7 Å². The largest absolute Gasteiger partial charge is 0.480 e. The van der Waals surface area contributed by atoms with Gasteiger partial charge in [0.2, 0.25) is 5.91 Å². The monoisotopic (exact) mass is 442 g/mol. The quantitative estimate of drug-likeness (QED) is 0.548. The van der Waals surface area contributed by atoms with E-state index in [4.69, 9.17) is 0 Å². The van der Waals surface area contributed by atoms with Crippen LogP contribution in [0.25, 0.3) is 0 Å². The normalized spacial score (nSPS) is 20.1. The van der Waals surface area contributed by atoms with Gasteiger partial charge < -0.3 is 15.1 Å². The number of carboxylic acid groups (broad SMARTS) is 2. The smallest absolute Gasteiger partial charge is 0.323 e. The molecule has 1 aliphatic rings. The van der Waals surface area contributed by atoms with Crippen molar-refractivity contribution in [3.8, 4) is 0 Å².